The third-order valence-electron chi connectivity index (χ3n) is 6.47. The third kappa shape index (κ3) is 3.79. The van der Waals surface area contributed by atoms with Gasteiger partial charge in [-0.3, -0.25) is 9.59 Å². The Bertz CT molecular complexity index is 1240. The van der Waals surface area contributed by atoms with Crippen molar-refractivity contribution in [1.29, 1.82) is 0 Å². The number of aliphatic carboxylic acids is 1. The number of carboxylic acids is 1. The first kappa shape index (κ1) is 21.8. The Balaban J connectivity index is 1.80. The second-order valence-electron chi connectivity index (χ2n) is 8.62. The number of carboxylic acid groups (broad SMARTS) is 1. The second-order valence-corrected chi connectivity index (χ2v) is 8.62. The molecular weight excluding hydrogens is 405 g/mol. The summed E-state index contributed by atoms with van der Waals surface area (Å²) in [5.74, 6) is -1.51. The number of benzene rings is 3. The molecule has 3 aromatic carbocycles. The number of carbonyl (C=O) groups excluding carboxylic acids is 1. The summed E-state index contributed by atoms with van der Waals surface area (Å²) in [6, 6.07) is 12.6. The molecule has 1 N–H and O–H groups in total. The van der Waals surface area contributed by atoms with E-state index in [1.807, 2.05) is 45.0 Å². The molecule has 4 nitrogen and oxygen atoms in total. The standard InChI is InChI=1S/C27H26FNO3/c1-15-5-8-19(9-6-15)26-18(4)23-14-29(13-22(23)17(3)21(26)12-25(30)31)27(32)20-10-7-16(2)24(28)11-20/h5-11H,12-14H2,1-4H3,(H,30,31). The first-order valence-electron chi connectivity index (χ1n) is 10.7. The van der Waals surface area contributed by atoms with E-state index >= 15 is 0 Å². The highest BCUT2D eigenvalue weighted by Gasteiger charge is 2.31. The van der Waals surface area contributed by atoms with Crippen LogP contribution in [0, 0.1) is 33.5 Å². The number of nitrogens with zero attached hydrogens (tertiary/aromatic N) is 1. The van der Waals surface area contributed by atoms with Crippen molar-refractivity contribution < 1.29 is 19.1 Å². The van der Waals surface area contributed by atoms with E-state index in [9.17, 15) is 19.1 Å². The molecule has 1 heterocycles. The van der Waals surface area contributed by atoms with Gasteiger partial charge in [0.1, 0.15) is 5.82 Å². The number of fused-ring (bicyclic) bond motifs is 1. The van der Waals surface area contributed by atoms with Gasteiger partial charge in [-0.25, -0.2) is 4.39 Å². The Hall–Kier alpha value is -3.47. The maximum absolute atomic E-state index is 14.0. The maximum atomic E-state index is 14.0. The summed E-state index contributed by atoms with van der Waals surface area (Å²) in [6.07, 6.45) is -0.0831. The van der Waals surface area contributed by atoms with Gasteiger partial charge in [0.25, 0.3) is 5.91 Å². The predicted molar refractivity (Wildman–Crippen MR) is 122 cm³/mol. The van der Waals surface area contributed by atoms with E-state index in [0.29, 0.717) is 24.2 Å². The molecule has 0 radical (unpaired) electrons. The number of hydrogen-bond acceptors (Lipinski definition) is 2. The van der Waals surface area contributed by atoms with Gasteiger partial charge >= 0.3 is 5.97 Å². The summed E-state index contributed by atoms with van der Waals surface area (Å²) >= 11 is 0. The fourth-order valence-electron chi connectivity index (χ4n) is 4.60. The third-order valence-corrected chi connectivity index (χ3v) is 6.47. The van der Waals surface area contributed by atoms with Crippen LogP contribution >= 0.6 is 0 Å². The van der Waals surface area contributed by atoms with Crippen LogP contribution in [-0.2, 0) is 24.3 Å². The zero-order chi connectivity index (χ0) is 23.2. The molecule has 0 aromatic heterocycles. The summed E-state index contributed by atoms with van der Waals surface area (Å²) in [5.41, 5.74) is 8.59. The number of amides is 1. The molecule has 32 heavy (non-hydrogen) atoms. The van der Waals surface area contributed by atoms with Crippen LogP contribution < -0.4 is 0 Å². The zero-order valence-corrected chi connectivity index (χ0v) is 18.8. The molecule has 0 fully saturated rings. The Morgan fingerprint density at radius 2 is 1.56 bits per heavy atom. The molecule has 1 amide bonds. The van der Waals surface area contributed by atoms with Crippen molar-refractivity contribution in [3.63, 3.8) is 0 Å². The fraction of sp³-hybridized carbons (Fsp3) is 0.259. The van der Waals surface area contributed by atoms with Crippen molar-refractivity contribution >= 4 is 11.9 Å². The van der Waals surface area contributed by atoms with Crippen LogP contribution in [0.25, 0.3) is 11.1 Å². The normalized spacial score (nSPS) is 12.7. The molecule has 0 atom stereocenters. The highest BCUT2D eigenvalue weighted by Crippen LogP contribution is 2.40. The Labute approximate surface area is 187 Å². The van der Waals surface area contributed by atoms with Gasteiger partial charge in [-0.1, -0.05) is 35.9 Å². The minimum Gasteiger partial charge on any atom is -0.481 e. The lowest BCUT2D eigenvalue weighted by molar-refractivity contribution is -0.136. The number of carbonyl (C=O) groups is 2. The van der Waals surface area contributed by atoms with Gasteiger partial charge in [0, 0.05) is 18.7 Å². The quantitative estimate of drug-likeness (QED) is 0.593. The van der Waals surface area contributed by atoms with Gasteiger partial charge in [-0.15, -0.1) is 0 Å². The van der Waals surface area contributed by atoms with Crippen LogP contribution in [0.4, 0.5) is 4.39 Å². The summed E-state index contributed by atoms with van der Waals surface area (Å²) in [5, 5.41) is 9.58. The lowest BCUT2D eigenvalue weighted by atomic mass is 9.84. The smallest absolute Gasteiger partial charge is 0.307 e. The van der Waals surface area contributed by atoms with E-state index in [-0.39, 0.29) is 12.3 Å². The molecule has 3 aromatic rings. The number of halogens is 1. The van der Waals surface area contributed by atoms with Crippen LogP contribution in [0.5, 0.6) is 0 Å². The fourth-order valence-corrected chi connectivity index (χ4v) is 4.60. The van der Waals surface area contributed by atoms with Crippen molar-refractivity contribution in [2.45, 2.75) is 47.2 Å². The predicted octanol–water partition coefficient (Wildman–Crippen LogP) is 5.51. The van der Waals surface area contributed by atoms with Gasteiger partial charge < -0.3 is 10.0 Å². The summed E-state index contributed by atoms with van der Waals surface area (Å²) in [7, 11) is 0. The molecular formula is C27H26FNO3. The van der Waals surface area contributed by atoms with E-state index in [0.717, 1.165) is 44.5 Å². The van der Waals surface area contributed by atoms with Crippen LogP contribution in [0.3, 0.4) is 0 Å². The molecule has 0 saturated carbocycles. The molecule has 1 aliphatic rings. The van der Waals surface area contributed by atoms with Crippen molar-refractivity contribution in [3.8, 4) is 11.1 Å². The van der Waals surface area contributed by atoms with E-state index in [1.165, 1.54) is 6.07 Å². The average Bonchev–Trinajstić information content (AvgIpc) is 3.20. The molecule has 164 valence electrons. The Kier molecular flexibility index (Phi) is 5.59. The van der Waals surface area contributed by atoms with Crippen molar-refractivity contribution in [3.05, 3.63) is 92.8 Å². The largest absolute Gasteiger partial charge is 0.481 e. The Morgan fingerprint density at radius 3 is 2.16 bits per heavy atom. The molecule has 4 rings (SSSR count). The lowest BCUT2D eigenvalue weighted by Gasteiger charge is -2.19. The maximum Gasteiger partial charge on any atom is 0.307 e. The van der Waals surface area contributed by atoms with Gasteiger partial charge in [0.2, 0.25) is 0 Å². The summed E-state index contributed by atoms with van der Waals surface area (Å²) < 4.78 is 14.0. The molecule has 0 spiro atoms. The highest BCUT2D eigenvalue weighted by atomic mass is 19.1. The van der Waals surface area contributed by atoms with E-state index in [4.69, 9.17) is 0 Å². The monoisotopic (exact) mass is 431 g/mol. The number of aryl methyl sites for hydroxylation is 2. The Morgan fingerprint density at radius 1 is 0.938 bits per heavy atom. The van der Waals surface area contributed by atoms with Crippen LogP contribution in [-0.4, -0.2) is 21.9 Å². The molecule has 0 unspecified atom stereocenters. The van der Waals surface area contributed by atoms with Crippen molar-refractivity contribution in [1.82, 2.24) is 4.90 Å². The van der Waals surface area contributed by atoms with Gasteiger partial charge in [0.05, 0.1) is 6.42 Å². The lowest BCUT2D eigenvalue weighted by Crippen LogP contribution is -2.25. The zero-order valence-electron chi connectivity index (χ0n) is 18.8. The van der Waals surface area contributed by atoms with E-state index < -0.39 is 11.8 Å². The van der Waals surface area contributed by atoms with Crippen LogP contribution in [0.1, 0.15) is 49.3 Å². The van der Waals surface area contributed by atoms with E-state index in [2.05, 4.69) is 0 Å². The van der Waals surface area contributed by atoms with Gasteiger partial charge in [-0.05, 0) is 84.3 Å². The topological polar surface area (TPSA) is 57.6 Å². The van der Waals surface area contributed by atoms with E-state index in [1.54, 1.807) is 24.0 Å². The summed E-state index contributed by atoms with van der Waals surface area (Å²) in [4.78, 5) is 26.5. The first-order valence-corrected chi connectivity index (χ1v) is 10.7. The second kappa shape index (κ2) is 8.23. The summed E-state index contributed by atoms with van der Waals surface area (Å²) in [6.45, 7) is 8.42. The average molecular weight is 432 g/mol. The van der Waals surface area contributed by atoms with Crippen LogP contribution in [0.15, 0.2) is 42.5 Å². The molecule has 1 aliphatic heterocycles. The SMILES string of the molecule is Cc1ccc(-c2c(C)c3c(c(C)c2CC(=O)O)CN(C(=O)c2ccc(C)c(F)c2)C3)cc1. The van der Waals surface area contributed by atoms with Gasteiger partial charge in [0.15, 0.2) is 0 Å². The minimum atomic E-state index is -0.887. The highest BCUT2D eigenvalue weighted by molar-refractivity contribution is 5.95. The van der Waals surface area contributed by atoms with Gasteiger partial charge in [-0.2, -0.15) is 0 Å². The molecule has 5 heteroatoms. The first-order chi connectivity index (χ1) is 15.2. The van der Waals surface area contributed by atoms with Crippen molar-refractivity contribution in [2.75, 3.05) is 0 Å². The molecule has 0 aliphatic carbocycles. The number of rotatable bonds is 4. The van der Waals surface area contributed by atoms with Crippen LogP contribution in [0.2, 0.25) is 0 Å². The van der Waals surface area contributed by atoms with Crippen molar-refractivity contribution in [2.24, 2.45) is 0 Å². The number of hydrogen-bond donors (Lipinski definition) is 1. The molecule has 0 bridgehead atoms. The molecule has 0 saturated heterocycles. The minimum absolute atomic E-state index is 0.0831.